The zero-order chi connectivity index (χ0) is 33.6. The summed E-state index contributed by atoms with van der Waals surface area (Å²) in [4.78, 5) is 30.0. The molecule has 0 atom stereocenters. The van der Waals surface area contributed by atoms with Crippen LogP contribution in [0.5, 0.6) is 0 Å². The molecule has 0 saturated heterocycles. The highest BCUT2D eigenvalue weighted by atomic mass is 32.1. The summed E-state index contributed by atoms with van der Waals surface area (Å²) < 4.78 is 0. The third-order valence-electron chi connectivity index (χ3n) is 7.19. The lowest BCUT2D eigenvalue weighted by molar-refractivity contribution is -0.133. The second-order valence-electron chi connectivity index (χ2n) is 10.3. The maximum atomic E-state index is 11.4. The molecule has 0 amide bonds. The van der Waals surface area contributed by atoms with Gasteiger partial charge in [0, 0.05) is 47.0 Å². The maximum absolute atomic E-state index is 11.4. The van der Waals surface area contributed by atoms with Crippen LogP contribution in [0.4, 0.5) is 17.1 Å². The van der Waals surface area contributed by atoms with Gasteiger partial charge in [-0.15, -0.1) is 34.0 Å². The van der Waals surface area contributed by atoms with Gasteiger partial charge in [-0.2, -0.15) is 10.5 Å². The standard InChI is InChI=1S/C38H23N3O4S3/c39-22-25(37(42)43)19-30-15-17-33(46-30)32-21-35(48-36(32)34-18-16-31(47-34)20-26(23-40)38(44)45)24-11-13-29(14-12-24)41(27-7-3-1-4-8-27)28-9-5-2-6-10-28/h1-21H,(H,42,43)(H,44,45)/b25-19+,26-20+. The number of hydrogen-bond acceptors (Lipinski definition) is 8. The van der Waals surface area contributed by atoms with Crippen molar-refractivity contribution in [2.75, 3.05) is 4.90 Å². The van der Waals surface area contributed by atoms with Crippen molar-refractivity contribution in [3.63, 3.8) is 0 Å². The van der Waals surface area contributed by atoms with Crippen LogP contribution in [0, 0.1) is 22.7 Å². The summed E-state index contributed by atoms with van der Waals surface area (Å²) >= 11 is 4.33. The van der Waals surface area contributed by atoms with Crippen LogP contribution in [-0.4, -0.2) is 22.2 Å². The molecule has 3 heterocycles. The molecule has 0 radical (unpaired) electrons. The zero-order valence-electron chi connectivity index (χ0n) is 24.9. The SMILES string of the molecule is N#C/C(=C\c1ccc(-c2cc(-c3ccc(N(c4ccccc4)c4ccccc4)cc3)sc2-c2ccc(/C=C(\C#N)C(=O)O)s2)s1)C(=O)O. The van der Waals surface area contributed by atoms with Crippen LogP contribution in [0.15, 0.2) is 126 Å². The highest BCUT2D eigenvalue weighted by molar-refractivity contribution is 7.25. The van der Waals surface area contributed by atoms with Gasteiger partial charge in [0.2, 0.25) is 0 Å². The fraction of sp³-hybridized carbons (Fsp3) is 0. The molecule has 2 N–H and O–H groups in total. The van der Waals surface area contributed by atoms with E-state index in [9.17, 15) is 30.3 Å². The molecule has 0 aliphatic heterocycles. The molecule has 0 spiro atoms. The Labute approximate surface area is 288 Å². The van der Waals surface area contributed by atoms with E-state index in [0.29, 0.717) is 9.75 Å². The van der Waals surface area contributed by atoms with Crippen LogP contribution < -0.4 is 4.90 Å². The molecule has 3 aromatic carbocycles. The smallest absolute Gasteiger partial charge is 0.346 e. The van der Waals surface area contributed by atoms with Crippen molar-refractivity contribution in [3.05, 3.63) is 136 Å². The first-order chi connectivity index (χ1) is 23.3. The number of hydrogen-bond donors (Lipinski definition) is 2. The number of nitrogens with zero attached hydrogens (tertiary/aromatic N) is 3. The molecule has 0 bridgehead atoms. The number of carbonyl (C=O) groups is 2. The van der Waals surface area contributed by atoms with Crippen molar-refractivity contribution in [3.8, 4) is 42.8 Å². The van der Waals surface area contributed by atoms with Crippen LogP contribution in [0.1, 0.15) is 9.75 Å². The molecule has 0 saturated carbocycles. The number of carboxylic acid groups (broad SMARTS) is 2. The normalized spacial score (nSPS) is 11.5. The van der Waals surface area contributed by atoms with Crippen molar-refractivity contribution in [2.45, 2.75) is 0 Å². The van der Waals surface area contributed by atoms with Gasteiger partial charge < -0.3 is 15.1 Å². The third-order valence-corrected chi connectivity index (χ3v) is 10.7. The molecule has 6 rings (SSSR count). The van der Waals surface area contributed by atoms with Crippen LogP contribution in [0.3, 0.4) is 0 Å². The second-order valence-corrected chi connectivity index (χ2v) is 13.5. The summed E-state index contributed by atoms with van der Waals surface area (Å²) in [6.07, 6.45) is 2.72. The monoisotopic (exact) mass is 681 g/mol. The molecule has 7 nitrogen and oxygen atoms in total. The molecule has 232 valence electrons. The van der Waals surface area contributed by atoms with Crippen molar-refractivity contribution in [1.29, 1.82) is 10.5 Å². The van der Waals surface area contributed by atoms with Crippen LogP contribution in [0.25, 0.3) is 42.8 Å². The number of carboxylic acids is 2. The van der Waals surface area contributed by atoms with E-state index in [-0.39, 0.29) is 11.1 Å². The Kier molecular flexibility index (Phi) is 9.42. The molecule has 48 heavy (non-hydrogen) atoms. The predicted molar refractivity (Wildman–Crippen MR) is 194 cm³/mol. The van der Waals surface area contributed by atoms with E-state index in [1.54, 1.807) is 35.6 Å². The lowest BCUT2D eigenvalue weighted by Crippen LogP contribution is -2.09. The van der Waals surface area contributed by atoms with E-state index in [2.05, 4.69) is 59.5 Å². The second kappa shape index (κ2) is 14.2. The van der Waals surface area contributed by atoms with Crippen molar-refractivity contribution in [2.24, 2.45) is 0 Å². The molecule has 3 aromatic heterocycles. The number of benzene rings is 3. The van der Waals surface area contributed by atoms with E-state index in [4.69, 9.17) is 0 Å². The Balaban J connectivity index is 1.42. The van der Waals surface area contributed by atoms with Crippen LogP contribution in [0.2, 0.25) is 0 Å². The largest absolute Gasteiger partial charge is 0.477 e. The highest BCUT2D eigenvalue weighted by Gasteiger charge is 2.19. The summed E-state index contributed by atoms with van der Waals surface area (Å²) in [5.74, 6) is -2.57. The Morgan fingerprint density at radius 3 is 1.56 bits per heavy atom. The Morgan fingerprint density at radius 2 is 1.06 bits per heavy atom. The quantitative estimate of drug-likeness (QED) is 0.109. The Bertz CT molecular complexity index is 2130. The molecule has 0 aliphatic carbocycles. The van der Waals surface area contributed by atoms with Gasteiger partial charge in [-0.3, -0.25) is 0 Å². The molecular weight excluding hydrogens is 659 g/mol. The van der Waals surface area contributed by atoms with Gasteiger partial charge >= 0.3 is 11.9 Å². The summed E-state index contributed by atoms with van der Waals surface area (Å²) in [7, 11) is 0. The van der Waals surface area contributed by atoms with Gasteiger partial charge in [0.15, 0.2) is 0 Å². The molecule has 0 unspecified atom stereocenters. The maximum Gasteiger partial charge on any atom is 0.346 e. The minimum absolute atomic E-state index is 0.350. The minimum atomic E-state index is -1.29. The molecule has 10 heteroatoms. The lowest BCUT2D eigenvalue weighted by atomic mass is 10.1. The van der Waals surface area contributed by atoms with E-state index in [1.165, 1.54) is 34.8 Å². The predicted octanol–water partition coefficient (Wildman–Crippen LogP) is 10.3. The van der Waals surface area contributed by atoms with Gasteiger partial charge in [-0.1, -0.05) is 48.5 Å². The molecular formula is C38H23N3O4S3. The summed E-state index contributed by atoms with van der Waals surface area (Å²) in [6.45, 7) is 0. The van der Waals surface area contributed by atoms with Gasteiger partial charge in [-0.05, 0) is 84.4 Å². The first-order valence-corrected chi connectivity index (χ1v) is 16.8. The average Bonchev–Trinajstić information content (AvgIpc) is 3.87. The van der Waals surface area contributed by atoms with Crippen molar-refractivity contribution < 1.29 is 19.8 Å². The Hall–Kier alpha value is -6.04. The first kappa shape index (κ1) is 31.9. The molecule has 0 aliphatic rings. The average molecular weight is 682 g/mol. The summed E-state index contributed by atoms with van der Waals surface area (Å²) in [5, 5.41) is 37.2. The van der Waals surface area contributed by atoms with E-state index >= 15 is 0 Å². The zero-order valence-corrected chi connectivity index (χ0v) is 27.4. The van der Waals surface area contributed by atoms with E-state index in [1.807, 2.05) is 48.5 Å². The number of nitriles is 2. The number of aliphatic carboxylic acids is 2. The van der Waals surface area contributed by atoms with Gasteiger partial charge in [0.05, 0.1) is 4.88 Å². The first-order valence-electron chi connectivity index (χ1n) is 14.4. The number of thiophene rings is 3. The van der Waals surface area contributed by atoms with E-state index in [0.717, 1.165) is 47.7 Å². The van der Waals surface area contributed by atoms with Crippen LogP contribution >= 0.6 is 34.0 Å². The van der Waals surface area contributed by atoms with Crippen LogP contribution in [-0.2, 0) is 9.59 Å². The lowest BCUT2D eigenvalue weighted by Gasteiger charge is -2.25. The van der Waals surface area contributed by atoms with Crippen molar-refractivity contribution >= 4 is 75.2 Å². The summed E-state index contributed by atoms with van der Waals surface area (Å²) in [6, 6.07) is 41.5. The minimum Gasteiger partial charge on any atom is -0.477 e. The topological polar surface area (TPSA) is 125 Å². The van der Waals surface area contributed by atoms with Gasteiger partial charge in [-0.25, -0.2) is 9.59 Å². The number of para-hydroxylation sites is 2. The third kappa shape index (κ3) is 6.87. The Morgan fingerprint density at radius 1 is 0.583 bits per heavy atom. The molecule has 6 aromatic rings. The van der Waals surface area contributed by atoms with Crippen molar-refractivity contribution in [1.82, 2.24) is 0 Å². The number of anilines is 3. The fourth-order valence-electron chi connectivity index (χ4n) is 4.97. The summed E-state index contributed by atoms with van der Waals surface area (Å²) in [5.41, 5.74) is 4.29. The molecule has 0 fully saturated rings. The number of rotatable bonds is 10. The van der Waals surface area contributed by atoms with Gasteiger partial charge in [0.1, 0.15) is 23.3 Å². The fourth-order valence-corrected chi connectivity index (χ4v) is 8.26. The van der Waals surface area contributed by atoms with Gasteiger partial charge in [0.25, 0.3) is 0 Å². The highest BCUT2D eigenvalue weighted by Crippen LogP contribution is 2.48. The van der Waals surface area contributed by atoms with E-state index < -0.39 is 11.9 Å².